The summed E-state index contributed by atoms with van der Waals surface area (Å²) in [7, 11) is 3.37. The molecule has 0 aliphatic heterocycles. The van der Waals surface area contributed by atoms with Crippen LogP contribution in [0.4, 0.5) is 5.69 Å². The molecule has 8 nitrogen and oxygen atoms in total. The van der Waals surface area contributed by atoms with Gasteiger partial charge in [0.1, 0.15) is 0 Å². The van der Waals surface area contributed by atoms with Crippen molar-refractivity contribution in [1.29, 1.82) is 0 Å². The van der Waals surface area contributed by atoms with Gasteiger partial charge in [0, 0.05) is 37.8 Å². The molecule has 0 fully saturated rings. The molecule has 2 aromatic carbocycles. The number of nitro groups is 1. The van der Waals surface area contributed by atoms with Gasteiger partial charge in [-0.15, -0.1) is 24.0 Å². The smallest absolute Gasteiger partial charge is 0.269 e. The van der Waals surface area contributed by atoms with Gasteiger partial charge in [-0.2, -0.15) is 0 Å². The van der Waals surface area contributed by atoms with Crippen LogP contribution in [-0.2, 0) is 17.8 Å². The van der Waals surface area contributed by atoms with Gasteiger partial charge < -0.3 is 15.5 Å². The van der Waals surface area contributed by atoms with Crippen molar-refractivity contribution >= 4 is 53.1 Å². The third-order valence-electron chi connectivity index (χ3n) is 4.09. The molecule has 0 heterocycles. The van der Waals surface area contributed by atoms with Crippen LogP contribution < -0.4 is 10.6 Å². The Bertz CT molecular complexity index is 858. The summed E-state index contributed by atoms with van der Waals surface area (Å²) in [6.07, 6.45) is 0.761. The number of halogens is 2. The number of carbonyl (C=O) groups excluding carboxylic acids is 1. The number of nitrogens with zero attached hydrogens (tertiary/aromatic N) is 3. The minimum absolute atomic E-state index is 0. The highest BCUT2D eigenvalue weighted by molar-refractivity contribution is 14.0. The maximum absolute atomic E-state index is 11.9. The molecule has 0 saturated carbocycles. The Morgan fingerprint density at radius 1 is 1.07 bits per heavy atom. The summed E-state index contributed by atoms with van der Waals surface area (Å²) in [6, 6.07) is 13.8. The summed E-state index contributed by atoms with van der Waals surface area (Å²) in [5, 5.41) is 17.7. The maximum atomic E-state index is 11.9. The van der Waals surface area contributed by atoms with Gasteiger partial charge in [-0.1, -0.05) is 35.9 Å². The molecule has 0 atom stereocenters. The molecule has 0 saturated heterocycles. The number of benzene rings is 2. The van der Waals surface area contributed by atoms with Crippen LogP contribution in [-0.4, -0.2) is 48.9 Å². The summed E-state index contributed by atoms with van der Waals surface area (Å²) < 4.78 is 0. The summed E-state index contributed by atoms with van der Waals surface area (Å²) in [4.78, 5) is 28.1. The fourth-order valence-electron chi connectivity index (χ4n) is 2.36. The van der Waals surface area contributed by atoms with Crippen molar-refractivity contribution in [2.24, 2.45) is 4.99 Å². The predicted molar refractivity (Wildman–Crippen MR) is 130 cm³/mol. The van der Waals surface area contributed by atoms with Crippen LogP contribution in [0.25, 0.3) is 0 Å². The molecule has 30 heavy (non-hydrogen) atoms. The number of hydrogen-bond acceptors (Lipinski definition) is 4. The molecular weight excluding hydrogens is 521 g/mol. The van der Waals surface area contributed by atoms with E-state index in [0.717, 1.165) is 17.5 Å². The van der Waals surface area contributed by atoms with E-state index in [0.29, 0.717) is 24.1 Å². The van der Waals surface area contributed by atoms with Crippen LogP contribution in [0.5, 0.6) is 0 Å². The average Bonchev–Trinajstić information content (AvgIpc) is 2.71. The third kappa shape index (κ3) is 8.95. The fourth-order valence-corrected chi connectivity index (χ4v) is 2.49. The standard InChI is InChI=1S/C20H24ClN5O3.HI/c1-25(2)19(27)14-24-20(22-12-11-15-3-7-17(21)8-4-15)23-13-16-5-9-18(10-6-16)26(28)29;/h3-10H,11-14H2,1-2H3,(H2,22,23,24);1H. The molecule has 0 unspecified atom stereocenters. The van der Waals surface area contributed by atoms with E-state index in [1.54, 1.807) is 26.2 Å². The number of rotatable bonds is 8. The van der Waals surface area contributed by atoms with Gasteiger partial charge in [0.15, 0.2) is 5.96 Å². The normalized spacial score (nSPS) is 10.7. The van der Waals surface area contributed by atoms with E-state index in [9.17, 15) is 14.9 Å². The molecule has 0 aliphatic rings. The van der Waals surface area contributed by atoms with Crippen LogP contribution in [0.15, 0.2) is 53.5 Å². The Balaban J connectivity index is 0.00000450. The van der Waals surface area contributed by atoms with Crippen molar-refractivity contribution in [3.8, 4) is 0 Å². The molecule has 0 aliphatic carbocycles. The number of amides is 1. The lowest BCUT2D eigenvalue weighted by Crippen LogP contribution is -2.43. The molecule has 1 amide bonds. The van der Waals surface area contributed by atoms with E-state index in [4.69, 9.17) is 11.6 Å². The maximum Gasteiger partial charge on any atom is 0.269 e. The van der Waals surface area contributed by atoms with Crippen molar-refractivity contribution in [3.63, 3.8) is 0 Å². The number of guanidine groups is 1. The largest absolute Gasteiger partial charge is 0.356 e. The monoisotopic (exact) mass is 545 g/mol. The first-order valence-corrected chi connectivity index (χ1v) is 9.43. The molecule has 0 aromatic heterocycles. The third-order valence-corrected chi connectivity index (χ3v) is 4.34. The van der Waals surface area contributed by atoms with Gasteiger partial charge in [-0.05, 0) is 29.7 Å². The van der Waals surface area contributed by atoms with Gasteiger partial charge in [0.25, 0.3) is 5.69 Å². The number of carbonyl (C=O) groups is 1. The molecule has 0 radical (unpaired) electrons. The number of hydrogen-bond donors (Lipinski definition) is 2. The molecule has 0 bridgehead atoms. The first-order valence-electron chi connectivity index (χ1n) is 9.05. The van der Waals surface area contributed by atoms with Crippen molar-refractivity contribution in [2.75, 3.05) is 27.2 Å². The second-order valence-electron chi connectivity index (χ2n) is 6.53. The van der Waals surface area contributed by atoms with Crippen molar-refractivity contribution in [3.05, 3.63) is 74.8 Å². The minimum atomic E-state index is -0.439. The van der Waals surface area contributed by atoms with Crippen LogP contribution in [0.3, 0.4) is 0 Å². The SMILES string of the molecule is CN(C)C(=O)CNC(=NCc1ccc([N+](=O)[O-])cc1)NCCc1ccc(Cl)cc1.I. The van der Waals surface area contributed by atoms with E-state index in [1.807, 2.05) is 24.3 Å². The second kappa shape index (κ2) is 13.0. The lowest BCUT2D eigenvalue weighted by Gasteiger charge is -2.15. The van der Waals surface area contributed by atoms with E-state index < -0.39 is 4.92 Å². The molecule has 2 aromatic rings. The summed E-state index contributed by atoms with van der Waals surface area (Å²) in [5.41, 5.74) is 1.99. The number of nitrogens with one attached hydrogen (secondary N) is 2. The van der Waals surface area contributed by atoms with Gasteiger partial charge in [-0.3, -0.25) is 14.9 Å². The second-order valence-corrected chi connectivity index (χ2v) is 6.97. The van der Waals surface area contributed by atoms with E-state index in [2.05, 4.69) is 15.6 Å². The Hall–Kier alpha value is -2.40. The Morgan fingerprint density at radius 3 is 2.23 bits per heavy atom. The van der Waals surface area contributed by atoms with Gasteiger partial charge in [-0.25, -0.2) is 4.99 Å². The van der Waals surface area contributed by atoms with E-state index in [-0.39, 0.29) is 42.1 Å². The highest BCUT2D eigenvalue weighted by Crippen LogP contribution is 2.12. The number of nitro benzene ring substituents is 1. The Labute approximate surface area is 197 Å². The van der Waals surface area contributed by atoms with Crippen LogP contribution in [0.1, 0.15) is 11.1 Å². The molecule has 0 spiro atoms. The zero-order valence-corrected chi connectivity index (χ0v) is 19.9. The zero-order chi connectivity index (χ0) is 21.2. The van der Waals surface area contributed by atoms with Crippen LogP contribution >= 0.6 is 35.6 Å². The first-order chi connectivity index (χ1) is 13.8. The molecule has 2 N–H and O–H groups in total. The lowest BCUT2D eigenvalue weighted by molar-refractivity contribution is -0.384. The predicted octanol–water partition coefficient (Wildman–Crippen LogP) is 3.23. The molecule has 162 valence electrons. The molecule has 10 heteroatoms. The Morgan fingerprint density at radius 2 is 1.67 bits per heavy atom. The average molecular weight is 546 g/mol. The van der Waals surface area contributed by atoms with E-state index in [1.165, 1.54) is 17.0 Å². The number of non-ortho nitro benzene ring substituents is 1. The van der Waals surface area contributed by atoms with Gasteiger partial charge in [0.05, 0.1) is 18.0 Å². The highest BCUT2D eigenvalue weighted by atomic mass is 127. The first kappa shape index (κ1) is 25.6. The van der Waals surface area contributed by atoms with E-state index >= 15 is 0 Å². The Kier molecular flexibility index (Phi) is 11.1. The lowest BCUT2D eigenvalue weighted by atomic mass is 10.1. The topological polar surface area (TPSA) is 99.9 Å². The zero-order valence-electron chi connectivity index (χ0n) is 16.8. The van der Waals surface area contributed by atoms with Crippen LogP contribution in [0.2, 0.25) is 5.02 Å². The van der Waals surface area contributed by atoms with Gasteiger partial charge >= 0.3 is 0 Å². The van der Waals surface area contributed by atoms with Crippen molar-refractivity contribution < 1.29 is 9.72 Å². The van der Waals surface area contributed by atoms with Crippen molar-refractivity contribution in [1.82, 2.24) is 15.5 Å². The van der Waals surface area contributed by atoms with Crippen molar-refractivity contribution in [2.45, 2.75) is 13.0 Å². The quantitative estimate of drug-likeness (QED) is 0.174. The summed E-state index contributed by atoms with van der Waals surface area (Å²) in [5.74, 6) is 0.417. The fraction of sp³-hybridized carbons (Fsp3) is 0.300. The highest BCUT2D eigenvalue weighted by Gasteiger charge is 2.07. The molecule has 2 rings (SSSR count). The number of likely N-dealkylation sites (N-methyl/N-ethyl adjacent to an activating group) is 1. The minimum Gasteiger partial charge on any atom is -0.356 e. The summed E-state index contributed by atoms with van der Waals surface area (Å²) >= 11 is 5.90. The van der Waals surface area contributed by atoms with Crippen LogP contribution in [0, 0.1) is 10.1 Å². The van der Waals surface area contributed by atoms with Gasteiger partial charge in [0.2, 0.25) is 5.91 Å². The summed E-state index contributed by atoms with van der Waals surface area (Å²) in [6.45, 7) is 1.05. The number of aliphatic imine (C=N–C) groups is 1. The molecular formula is C20H25ClIN5O3.